The van der Waals surface area contributed by atoms with E-state index in [0.717, 1.165) is 5.56 Å². The zero-order valence-electron chi connectivity index (χ0n) is 8.40. The first-order valence-corrected chi connectivity index (χ1v) is 4.78. The van der Waals surface area contributed by atoms with Crippen LogP contribution in [0.1, 0.15) is 15.9 Å². The maximum absolute atomic E-state index is 13.2. The smallest absolute Gasteiger partial charge is 0.254 e. The summed E-state index contributed by atoms with van der Waals surface area (Å²) in [5.74, 6) is -0.952. The van der Waals surface area contributed by atoms with Crippen molar-refractivity contribution in [2.45, 2.75) is 6.54 Å². The van der Waals surface area contributed by atoms with Gasteiger partial charge in [-0.3, -0.25) is 9.89 Å². The van der Waals surface area contributed by atoms with Crippen LogP contribution in [0, 0.1) is 5.82 Å². The highest BCUT2D eigenvalue weighted by atomic mass is 19.1. The van der Waals surface area contributed by atoms with Crippen molar-refractivity contribution < 1.29 is 9.18 Å². The lowest BCUT2D eigenvalue weighted by atomic mass is 10.2. The van der Waals surface area contributed by atoms with E-state index in [0.29, 0.717) is 6.54 Å². The molecule has 2 rings (SSSR count). The average molecular weight is 219 g/mol. The molecule has 0 unspecified atom stereocenters. The maximum Gasteiger partial charge on any atom is 0.254 e. The molecule has 1 heterocycles. The number of carbonyl (C=O) groups excluding carboxylic acids is 1. The zero-order chi connectivity index (χ0) is 11.4. The Balaban J connectivity index is 2.01. The second kappa shape index (κ2) is 4.57. The van der Waals surface area contributed by atoms with Crippen molar-refractivity contribution in [2.24, 2.45) is 0 Å². The predicted octanol–water partition coefficient (Wildman–Crippen LogP) is 1.48. The second-order valence-corrected chi connectivity index (χ2v) is 3.27. The highest BCUT2D eigenvalue weighted by Crippen LogP contribution is 2.06. The topological polar surface area (TPSA) is 57.8 Å². The van der Waals surface area contributed by atoms with Crippen molar-refractivity contribution in [1.82, 2.24) is 15.5 Å². The molecule has 0 aliphatic rings. The molecular formula is C11H10FN3O. The molecule has 1 aromatic carbocycles. The van der Waals surface area contributed by atoms with Gasteiger partial charge in [-0.25, -0.2) is 4.39 Å². The van der Waals surface area contributed by atoms with E-state index in [1.54, 1.807) is 24.5 Å². The summed E-state index contributed by atoms with van der Waals surface area (Å²) in [7, 11) is 0. The summed E-state index contributed by atoms with van der Waals surface area (Å²) in [5, 5.41) is 8.97. The van der Waals surface area contributed by atoms with E-state index in [1.807, 2.05) is 0 Å². The first-order valence-electron chi connectivity index (χ1n) is 4.78. The minimum Gasteiger partial charge on any atom is -0.348 e. The summed E-state index contributed by atoms with van der Waals surface area (Å²) in [5.41, 5.74) is 0.885. The fourth-order valence-electron chi connectivity index (χ4n) is 1.30. The fourth-order valence-corrected chi connectivity index (χ4v) is 1.30. The van der Waals surface area contributed by atoms with Crippen molar-refractivity contribution >= 4 is 5.91 Å². The number of hydrogen-bond donors (Lipinski definition) is 2. The first-order chi connectivity index (χ1) is 7.77. The third-order valence-corrected chi connectivity index (χ3v) is 2.13. The molecule has 0 saturated heterocycles. The summed E-state index contributed by atoms with van der Waals surface area (Å²) < 4.78 is 13.2. The Hall–Kier alpha value is -2.17. The number of benzene rings is 1. The Morgan fingerprint density at radius 2 is 2.25 bits per heavy atom. The summed E-state index contributed by atoms with van der Waals surface area (Å²) in [6.45, 7) is 0.323. The summed E-state index contributed by atoms with van der Waals surface area (Å²) >= 11 is 0. The third-order valence-electron chi connectivity index (χ3n) is 2.13. The number of amides is 1. The van der Waals surface area contributed by atoms with Crippen LogP contribution >= 0.6 is 0 Å². The van der Waals surface area contributed by atoms with Gasteiger partial charge in [0.15, 0.2) is 0 Å². The molecule has 0 spiro atoms. The molecule has 2 N–H and O–H groups in total. The first kappa shape index (κ1) is 10.4. The van der Waals surface area contributed by atoms with Crippen molar-refractivity contribution in [3.63, 3.8) is 0 Å². The SMILES string of the molecule is O=C(NCc1cn[nH]c1)c1ccccc1F. The Morgan fingerprint density at radius 3 is 2.94 bits per heavy atom. The number of nitrogens with one attached hydrogen (secondary N) is 2. The van der Waals surface area contributed by atoms with Gasteiger partial charge in [0.1, 0.15) is 5.82 Å². The molecule has 2 aromatic rings. The van der Waals surface area contributed by atoms with Crippen molar-refractivity contribution in [3.8, 4) is 0 Å². The highest BCUT2D eigenvalue weighted by Gasteiger charge is 2.09. The van der Waals surface area contributed by atoms with Crippen LogP contribution in [0.25, 0.3) is 0 Å². The standard InChI is InChI=1S/C11H10FN3O/c12-10-4-2-1-3-9(10)11(16)13-5-8-6-14-15-7-8/h1-4,6-7H,5H2,(H,13,16)(H,14,15). The lowest BCUT2D eigenvalue weighted by Gasteiger charge is -2.04. The number of nitrogens with zero attached hydrogens (tertiary/aromatic N) is 1. The van der Waals surface area contributed by atoms with E-state index in [1.165, 1.54) is 12.1 Å². The molecule has 16 heavy (non-hydrogen) atoms. The molecule has 1 amide bonds. The van der Waals surface area contributed by atoms with Crippen molar-refractivity contribution in [3.05, 3.63) is 53.6 Å². The molecule has 5 heteroatoms. The maximum atomic E-state index is 13.2. The van der Waals surface area contributed by atoms with Gasteiger partial charge in [0.2, 0.25) is 0 Å². The van der Waals surface area contributed by atoms with Crippen LogP contribution < -0.4 is 5.32 Å². The van der Waals surface area contributed by atoms with Crippen molar-refractivity contribution in [2.75, 3.05) is 0 Å². The van der Waals surface area contributed by atoms with E-state index in [9.17, 15) is 9.18 Å². The number of halogens is 1. The largest absolute Gasteiger partial charge is 0.348 e. The van der Waals surface area contributed by atoms with Gasteiger partial charge in [0.05, 0.1) is 11.8 Å². The lowest BCUT2D eigenvalue weighted by Crippen LogP contribution is -2.23. The van der Waals surface area contributed by atoms with E-state index >= 15 is 0 Å². The van der Waals surface area contributed by atoms with E-state index in [-0.39, 0.29) is 5.56 Å². The Bertz CT molecular complexity index is 482. The number of carbonyl (C=O) groups is 1. The van der Waals surface area contributed by atoms with Gasteiger partial charge in [0, 0.05) is 18.3 Å². The van der Waals surface area contributed by atoms with Gasteiger partial charge in [-0.2, -0.15) is 5.10 Å². The quantitative estimate of drug-likeness (QED) is 0.821. The molecule has 0 atom stereocenters. The summed E-state index contributed by atoms with van der Waals surface area (Å²) in [6.07, 6.45) is 3.27. The van der Waals surface area contributed by atoms with E-state index in [2.05, 4.69) is 15.5 Å². The molecule has 0 aliphatic heterocycles. The molecule has 0 bridgehead atoms. The van der Waals surface area contributed by atoms with Gasteiger partial charge >= 0.3 is 0 Å². The third kappa shape index (κ3) is 2.25. The van der Waals surface area contributed by atoms with Gasteiger partial charge in [-0.15, -0.1) is 0 Å². The number of H-pyrrole nitrogens is 1. The van der Waals surface area contributed by atoms with Gasteiger partial charge < -0.3 is 5.32 Å². The Kier molecular flexibility index (Phi) is 2.95. The molecule has 0 fully saturated rings. The molecular weight excluding hydrogens is 209 g/mol. The molecule has 0 aliphatic carbocycles. The predicted molar refractivity (Wildman–Crippen MR) is 56.2 cm³/mol. The lowest BCUT2D eigenvalue weighted by molar-refractivity contribution is 0.0947. The summed E-state index contributed by atoms with van der Waals surface area (Å²) in [4.78, 5) is 11.6. The number of rotatable bonds is 3. The number of hydrogen-bond acceptors (Lipinski definition) is 2. The van der Waals surface area contributed by atoms with Crippen LogP contribution in [0.3, 0.4) is 0 Å². The highest BCUT2D eigenvalue weighted by molar-refractivity contribution is 5.94. The fraction of sp³-hybridized carbons (Fsp3) is 0.0909. The molecule has 4 nitrogen and oxygen atoms in total. The Labute approximate surface area is 91.5 Å². The summed E-state index contributed by atoms with van der Waals surface area (Å²) in [6, 6.07) is 5.87. The van der Waals surface area contributed by atoms with Crippen LogP contribution in [-0.2, 0) is 6.54 Å². The van der Waals surface area contributed by atoms with Crippen LogP contribution in [-0.4, -0.2) is 16.1 Å². The van der Waals surface area contributed by atoms with Gasteiger partial charge in [-0.1, -0.05) is 12.1 Å². The minimum absolute atomic E-state index is 0.0472. The second-order valence-electron chi connectivity index (χ2n) is 3.27. The van der Waals surface area contributed by atoms with Crippen LogP contribution in [0.5, 0.6) is 0 Å². The number of aromatic amines is 1. The molecule has 1 aromatic heterocycles. The van der Waals surface area contributed by atoms with Crippen molar-refractivity contribution in [1.29, 1.82) is 0 Å². The van der Waals surface area contributed by atoms with E-state index < -0.39 is 11.7 Å². The molecule has 0 radical (unpaired) electrons. The zero-order valence-corrected chi connectivity index (χ0v) is 8.40. The van der Waals surface area contributed by atoms with Crippen LogP contribution in [0.4, 0.5) is 4.39 Å². The molecule has 82 valence electrons. The Morgan fingerprint density at radius 1 is 1.44 bits per heavy atom. The monoisotopic (exact) mass is 219 g/mol. The van der Waals surface area contributed by atoms with E-state index in [4.69, 9.17) is 0 Å². The minimum atomic E-state index is -0.521. The van der Waals surface area contributed by atoms with Gasteiger partial charge in [-0.05, 0) is 12.1 Å². The van der Waals surface area contributed by atoms with Crippen LogP contribution in [0.15, 0.2) is 36.7 Å². The average Bonchev–Trinajstić information content (AvgIpc) is 2.79. The molecule has 0 saturated carbocycles. The normalized spacial score (nSPS) is 10.1. The van der Waals surface area contributed by atoms with Gasteiger partial charge in [0.25, 0.3) is 5.91 Å². The van der Waals surface area contributed by atoms with Crippen LogP contribution in [0.2, 0.25) is 0 Å². The number of aromatic nitrogens is 2.